The van der Waals surface area contributed by atoms with Crippen LogP contribution in [0.15, 0.2) is 54.6 Å². The Morgan fingerprint density at radius 2 is 1.80 bits per heavy atom. The van der Waals surface area contributed by atoms with Crippen LogP contribution < -0.4 is 4.74 Å². The molecule has 2 heterocycles. The molecular weight excluding hydrogens is 376 g/mol. The van der Waals surface area contributed by atoms with Crippen LogP contribution in [0.5, 0.6) is 5.75 Å². The molecule has 30 heavy (non-hydrogen) atoms. The molecule has 6 nitrogen and oxygen atoms in total. The number of hydrogen-bond acceptors (Lipinski definition) is 4. The average Bonchev–Trinajstić information content (AvgIpc) is 3.24. The SMILES string of the molecule is CCN1CCN(C(=O)c2cc(-c3cccc(OC)c3)nn2-c2cccc(C)c2)CC1. The summed E-state index contributed by atoms with van der Waals surface area (Å²) in [5.74, 6) is 0.787. The highest BCUT2D eigenvalue weighted by Crippen LogP contribution is 2.26. The zero-order valence-electron chi connectivity index (χ0n) is 17.8. The van der Waals surface area contributed by atoms with Gasteiger partial charge in [0.25, 0.3) is 5.91 Å². The van der Waals surface area contributed by atoms with E-state index in [2.05, 4.69) is 11.8 Å². The summed E-state index contributed by atoms with van der Waals surface area (Å²) >= 11 is 0. The number of piperazine rings is 1. The van der Waals surface area contributed by atoms with E-state index in [4.69, 9.17) is 9.84 Å². The number of amides is 1. The Labute approximate surface area is 177 Å². The van der Waals surface area contributed by atoms with E-state index in [9.17, 15) is 4.79 Å². The molecular formula is C24H28N4O2. The third-order valence-corrected chi connectivity index (χ3v) is 5.65. The Hall–Kier alpha value is -3.12. The van der Waals surface area contributed by atoms with Gasteiger partial charge in [0, 0.05) is 31.7 Å². The minimum Gasteiger partial charge on any atom is -0.497 e. The van der Waals surface area contributed by atoms with Crippen molar-refractivity contribution >= 4 is 5.91 Å². The van der Waals surface area contributed by atoms with Crippen LogP contribution in [0, 0.1) is 6.92 Å². The number of aromatic nitrogens is 2. The summed E-state index contributed by atoms with van der Waals surface area (Å²) in [6.07, 6.45) is 0. The third-order valence-electron chi connectivity index (χ3n) is 5.65. The van der Waals surface area contributed by atoms with Crippen molar-refractivity contribution in [2.75, 3.05) is 39.8 Å². The van der Waals surface area contributed by atoms with Gasteiger partial charge >= 0.3 is 0 Å². The zero-order chi connectivity index (χ0) is 21.1. The Balaban J connectivity index is 1.74. The first-order chi connectivity index (χ1) is 14.6. The van der Waals surface area contributed by atoms with Crippen molar-refractivity contribution in [3.8, 4) is 22.7 Å². The molecule has 1 aliphatic rings. The van der Waals surface area contributed by atoms with Crippen LogP contribution >= 0.6 is 0 Å². The Bertz CT molecular complexity index is 1040. The van der Waals surface area contributed by atoms with Crippen LogP contribution in [0.4, 0.5) is 0 Å². The van der Waals surface area contributed by atoms with Crippen molar-refractivity contribution in [3.05, 3.63) is 65.9 Å². The van der Waals surface area contributed by atoms with Crippen molar-refractivity contribution in [1.82, 2.24) is 19.6 Å². The van der Waals surface area contributed by atoms with Crippen molar-refractivity contribution in [2.24, 2.45) is 0 Å². The monoisotopic (exact) mass is 404 g/mol. The molecule has 0 unspecified atom stereocenters. The minimum absolute atomic E-state index is 0.0221. The molecule has 4 rings (SSSR count). The molecule has 1 saturated heterocycles. The first-order valence-corrected chi connectivity index (χ1v) is 10.4. The Morgan fingerprint density at radius 1 is 1.03 bits per heavy atom. The number of methoxy groups -OCH3 is 1. The second kappa shape index (κ2) is 8.71. The number of nitrogens with zero attached hydrogens (tertiary/aromatic N) is 4. The van der Waals surface area contributed by atoms with Gasteiger partial charge in [-0.05, 0) is 49.4 Å². The van der Waals surface area contributed by atoms with Gasteiger partial charge in [-0.3, -0.25) is 4.79 Å². The van der Waals surface area contributed by atoms with Crippen molar-refractivity contribution < 1.29 is 9.53 Å². The van der Waals surface area contributed by atoms with E-state index in [0.717, 1.165) is 61.0 Å². The summed E-state index contributed by atoms with van der Waals surface area (Å²) in [5.41, 5.74) is 4.28. The van der Waals surface area contributed by atoms with Crippen LogP contribution in [0.2, 0.25) is 0 Å². The van der Waals surface area contributed by atoms with E-state index >= 15 is 0 Å². The number of aryl methyl sites for hydroxylation is 1. The number of hydrogen-bond donors (Lipinski definition) is 0. The fraction of sp³-hybridized carbons (Fsp3) is 0.333. The number of likely N-dealkylation sites (N-methyl/N-ethyl adjacent to an activating group) is 1. The molecule has 2 aromatic carbocycles. The molecule has 0 saturated carbocycles. The normalized spacial score (nSPS) is 14.7. The van der Waals surface area contributed by atoms with Gasteiger partial charge in [-0.2, -0.15) is 5.10 Å². The lowest BCUT2D eigenvalue weighted by molar-refractivity contribution is 0.0634. The second-order valence-corrected chi connectivity index (χ2v) is 7.62. The molecule has 1 fully saturated rings. The zero-order valence-corrected chi connectivity index (χ0v) is 17.8. The maximum Gasteiger partial charge on any atom is 0.272 e. The molecule has 0 N–H and O–H groups in total. The lowest BCUT2D eigenvalue weighted by atomic mass is 10.1. The topological polar surface area (TPSA) is 50.6 Å². The van der Waals surface area contributed by atoms with Crippen LogP contribution in [-0.4, -0.2) is 65.3 Å². The van der Waals surface area contributed by atoms with Gasteiger partial charge in [0.05, 0.1) is 18.5 Å². The number of benzene rings is 2. The van der Waals surface area contributed by atoms with E-state index in [1.165, 1.54) is 0 Å². The Morgan fingerprint density at radius 3 is 2.50 bits per heavy atom. The van der Waals surface area contributed by atoms with Crippen LogP contribution in [0.25, 0.3) is 16.9 Å². The number of carbonyl (C=O) groups excluding carboxylic acids is 1. The first kappa shape index (κ1) is 20.2. The highest BCUT2D eigenvalue weighted by Gasteiger charge is 2.26. The van der Waals surface area contributed by atoms with E-state index < -0.39 is 0 Å². The summed E-state index contributed by atoms with van der Waals surface area (Å²) in [5, 5.41) is 4.82. The lowest BCUT2D eigenvalue weighted by Crippen LogP contribution is -2.48. The lowest BCUT2D eigenvalue weighted by Gasteiger charge is -2.34. The fourth-order valence-corrected chi connectivity index (χ4v) is 3.84. The molecule has 156 valence electrons. The van der Waals surface area contributed by atoms with Gasteiger partial charge in [-0.25, -0.2) is 4.68 Å². The predicted octanol–water partition coefficient (Wildman–Crippen LogP) is 3.63. The van der Waals surface area contributed by atoms with E-state index in [1.54, 1.807) is 11.8 Å². The van der Waals surface area contributed by atoms with Gasteiger partial charge in [-0.15, -0.1) is 0 Å². The highest BCUT2D eigenvalue weighted by molar-refractivity contribution is 5.94. The summed E-state index contributed by atoms with van der Waals surface area (Å²) < 4.78 is 7.14. The number of rotatable bonds is 5. The van der Waals surface area contributed by atoms with E-state index in [0.29, 0.717) is 5.69 Å². The van der Waals surface area contributed by atoms with Gasteiger partial charge in [-0.1, -0.05) is 31.2 Å². The van der Waals surface area contributed by atoms with Crippen LogP contribution in [0.1, 0.15) is 23.0 Å². The quantitative estimate of drug-likeness (QED) is 0.652. The fourth-order valence-electron chi connectivity index (χ4n) is 3.84. The Kier molecular flexibility index (Phi) is 5.86. The second-order valence-electron chi connectivity index (χ2n) is 7.62. The van der Waals surface area contributed by atoms with Crippen molar-refractivity contribution in [1.29, 1.82) is 0 Å². The van der Waals surface area contributed by atoms with Gasteiger partial charge in [0.15, 0.2) is 0 Å². The molecule has 0 radical (unpaired) electrons. The summed E-state index contributed by atoms with van der Waals surface area (Å²) in [6, 6.07) is 17.7. The molecule has 0 spiro atoms. The molecule has 1 aromatic heterocycles. The summed E-state index contributed by atoms with van der Waals surface area (Å²) in [6.45, 7) is 8.50. The van der Waals surface area contributed by atoms with E-state index in [1.807, 2.05) is 66.4 Å². The molecule has 0 aliphatic carbocycles. The third kappa shape index (κ3) is 4.09. The van der Waals surface area contributed by atoms with Gasteiger partial charge in [0.2, 0.25) is 0 Å². The van der Waals surface area contributed by atoms with Crippen molar-refractivity contribution in [2.45, 2.75) is 13.8 Å². The van der Waals surface area contributed by atoms with Gasteiger partial charge in [0.1, 0.15) is 11.4 Å². The smallest absolute Gasteiger partial charge is 0.272 e. The molecule has 1 aliphatic heterocycles. The van der Waals surface area contributed by atoms with Crippen LogP contribution in [0.3, 0.4) is 0 Å². The molecule has 1 amide bonds. The summed E-state index contributed by atoms with van der Waals surface area (Å²) in [4.78, 5) is 17.8. The maximum absolute atomic E-state index is 13.5. The molecule has 0 atom stereocenters. The molecule has 6 heteroatoms. The maximum atomic E-state index is 13.5. The first-order valence-electron chi connectivity index (χ1n) is 10.4. The minimum atomic E-state index is 0.0221. The standard InChI is InChI=1S/C24H28N4O2/c1-4-26-11-13-27(14-12-26)24(29)23-17-22(19-8-6-10-21(16-19)30-3)25-28(23)20-9-5-7-18(2)15-20/h5-10,15-17H,4,11-14H2,1-3H3. The van der Waals surface area contributed by atoms with E-state index in [-0.39, 0.29) is 5.91 Å². The molecule has 0 bridgehead atoms. The van der Waals surface area contributed by atoms with Crippen LogP contribution in [-0.2, 0) is 0 Å². The number of carbonyl (C=O) groups is 1. The highest BCUT2D eigenvalue weighted by atomic mass is 16.5. The predicted molar refractivity (Wildman–Crippen MR) is 118 cm³/mol. The largest absolute Gasteiger partial charge is 0.497 e. The summed E-state index contributed by atoms with van der Waals surface area (Å²) in [7, 11) is 1.65. The average molecular weight is 405 g/mol. The molecule has 3 aromatic rings. The van der Waals surface area contributed by atoms with Crippen molar-refractivity contribution in [3.63, 3.8) is 0 Å². The number of ether oxygens (including phenoxy) is 1. The van der Waals surface area contributed by atoms with Gasteiger partial charge < -0.3 is 14.5 Å².